The molecule has 0 aromatic heterocycles. The minimum absolute atomic E-state index is 0.126. The molecule has 3 N–H and O–H groups in total. The summed E-state index contributed by atoms with van der Waals surface area (Å²) in [4.78, 5) is 14.0. The van der Waals surface area contributed by atoms with Crippen molar-refractivity contribution >= 4 is 11.7 Å². The van der Waals surface area contributed by atoms with Crippen molar-refractivity contribution in [3.05, 3.63) is 64.6 Å². The minimum atomic E-state index is -1.57. The average Bonchev–Trinajstić information content (AvgIpc) is 2.50. The predicted molar refractivity (Wildman–Crippen MR) is 82.0 cm³/mol. The predicted octanol–water partition coefficient (Wildman–Crippen LogP) is 2.83. The maximum atomic E-state index is 11.4. The summed E-state index contributed by atoms with van der Waals surface area (Å²) in [6, 6.07) is 8.29. The van der Waals surface area contributed by atoms with Gasteiger partial charge >= 0.3 is 5.97 Å². The normalized spacial score (nSPS) is 21.4. The molecule has 1 aliphatic rings. The van der Waals surface area contributed by atoms with Gasteiger partial charge in [0.05, 0.1) is 0 Å². The fraction of sp³-hybridized carbons (Fsp3) is 0.267. The van der Waals surface area contributed by atoms with Crippen molar-refractivity contribution in [1.29, 1.82) is 0 Å². The van der Waals surface area contributed by atoms with E-state index in [-0.39, 0.29) is 12.8 Å². The summed E-state index contributed by atoms with van der Waals surface area (Å²) in [7, 11) is 0. The van der Waals surface area contributed by atoms with Crippen molar-refractivity contribution in [3.8, 4) is 0 Å². The fourth-order valence-corrected chi connectivity index (χ4v) is 2.13. The first-order valence-electron chi connectivity index (χ1n) is 6.74. The summed E-state index contributed by atoms with van der Waals surface area (Å²) < 4.78 is 0. The van der Waals surface area contributed by atoms with E-state index in [0.29, 0.717) is 0 Å². The second kappa shape index (κ2) is 6.80. The molecule has 0 bridgehead atoms. The molecule has 0 amide bonds. The van der Waals surface area contributed by atoms with E-state index in [4.69, 9.17) is 5.53 Å². The monoisotopic (exact) mass is 300 g/mol. The molecule has 0 radical (unpaired) electrons. The lowest BCUT2D eigenvalue weighted by Gasteiger charge is -2.22. The van der Waals surface area contributed by atoms with Gasteiger partial charge in [0, 0.05) is 23.4 Å². The number of nitrogens with one attached hydrogen (secondary N) is 1. The molecule has 0 aliphatic heterocycles. The van der Waals surface area contributed by atoms with Crippen molar-refractivity contribution < 1.29 is 15.0 Å². The molecule has 1 aromatic rings. The number of carboxylic acid groups (broad SMARTS) is 1. The summed E-state index contributed by atoms with van der Waals surface area (Å²) >= 11 is 0. The van der Waals surface area contributed by atoms with Gasteiger partial charge in [0.1, 0.15) is 6.04 Å². The number of rotatable bonds is 6. The number of carbonyl (C=O) groups is 1. The van der Waals surface area contributed by atoms with Crippen LogP contribution in [0.3, 0.4) is 0 Å². The standard InChI is InChI=1S/C15H16N4O3/c16-19-18-15(22)8-6-11(7-9-15)10-13(14(20)21)17-12-4-2-1-3-5-12/h1-8,13,17,22H,9-10H2,(H,20,21)/t13-,15?/m0/s1. The van der Waals surface area contributed by atoms with E-state index in [2.05, 4.69) is 15.3 Å². The Morgan fingerprint density at radius 3 is 2.73 bits per heavy atom. The van der Waals surface area contributed by atoms with E-state index in [9.17, 15) is 15.0 Å². The number of allylic oxidation sites excluding steroid dienone is 1. The van der Waals surface area contributed by atoms with E-state index >= 15 is 0 Å². The second-order valence-corrected chi connectivity index (χ2v) is 4.99. The van der Waals surface area contributed by atoms with Crippen LogP contribution in [-0.4, -0.2) is 27.9 Å². The summed E-state index contributed by atoms with van der Waals surface area (Å²) in [5.41, 5.74) is 8.30. The number of aliphatic carboxylic acids is 1. The molecule has 7 heteroatoms. The summed E-state index contributed by atoms with van der Waals surface area (Å²) in [5.74, 6) is -0.964. The number of azide groups is 1. The highest BCUT2D eigenvalue weighted by molar-refractivity contribution is 5.77. The fourth-order valence-electron chi connectivity index (χ4n) is 2.13. The highest BCUT2D eigenvalue weighted by atomic mass is 16.4. The van der Waals surface area contributed by atoms with Crippen LogP contribution >= 0.6 is 0 Å². The van der Waals surface area contributed by atoms with Crippen molar-refractivity contribution in [1.82, 2.24) is 0 Å². The Hall–Kier alpha value is -2.76. The quantitative estimate of drug-likeness (QED) is 0.425. The molecule has 114 valence electrons. The maximum absolute atomic E-state index is 11.4. The number of benzene rings is 1. The molecule has 0 spiro atoms. The third-order valence-electron chi connectivity index (χ3n) is 3.30. The smallest absolute Gasteiger partial charge is 0.326 e. The zero-order valence-corrected chi connectivity index (χ0v) is 11.8. The van der Waals surface area contributed by atoms with Crippen LogP contribution in [0.2, 0.25) is 0 Å². The van der Waals surface area contributed by atoms with Gasteiger partial charge in [-0.1, -0.05) is 35.5 Å². The van der Waals surface area contributed by atoms with Crippen LogP contribution in [0.15, 0.2) is 59.2 Å². The van der Waals surface area contributed by atoms with Gasteiger partial charge in [-0.15, -0.1) is 0 Å². The molecule has 0 fully saturated rings. The highest BCUT2D eigenvalue weighted by Crippen LogP contribution is 2.25. The van der Waals surface area contributed by atoms with Crippen LogP contribution in [0.4, 0.5) is 5.69 Å². The van der Waals surface area contributed by atoms with Crippen molar-refractivity contribution in [3.63, 3.8) is 0 Å². The average molecular weight is 300 g/mol. The minimum Gasteiger partial charge on any atom is -0.480 e. The van der Waals surface area contributed by atoms with Crippen LogP contribution in [0.5, 0.6) is 0 Å². The summed E-state index contributed by atoms with van der Waals surface area (Å²) in [6.07, 6.45) is 5.02. The molecular weight excluding hydrogens is 284 g/mol. The van der Waals surface area contributed by atoms with Gasteiger partial charge in [-0.05, 0) is 29.3 Å². The Bertz CT molecular complexity index is 650. The third-order valence-corrected chi connectivity index (χ3v) is 3.30. The number of hydrogen-bond donors (Lipinski definition) is 3. The molecule has 0 heterocycles. The zero-order valence-electron chi connectivity index (χ0n) is 11.8. The van der Waals surface area contributed by atoms with Crippen LogP contribution in [-0.2, 0) is 4.79 Å². The van der Waals surface area contributed by atoms with E-state index < -0.39 is 17.7 Å². The van der Waals surface area contributed by atoms with Gasteiger partial charge in [0.15, 0.2) is 5.72 Å². The van der Waals surface area contributed by atoms with Gasteiger partial charge in [-0.2, -0.15) is 0 Å². The first kappa shape index (κ1) is 15.6. The number of hydrogen-bond acceptors (Lipinski definition) is 4. The number of para-hydroxylation sites is 1. The van der Waals surface area contributed by atoms with Crippen LogP contribution in [0.1, 0.15) is 12.8 Å². The van der Waals surface area contributed by atoms with Gasteiger partial charge in [-0.25, -0.2) is 4.79 Å². The largest absolute Gasteiger partial charge is 0.480 e. The van der Waals surface area contributed by atoms with Crippen LogP contribution in [0, 0.1) is 0 Å². The Morgan fingerprint density at radius 1 is 1.45 bits per heavy atom. The Balaban J connectivity index is 2.04. The van der Waals surface area contributed by atoms with Gasteiger partial charge in [0.25, 0.3) is 0 Å². The van der Waals surface area contributed by atoms with Crippen molar-refractivity contribution in [2.75, 3.05) is 5.32 Å². The third kappa shape index (κ3) is 4.12. The summed E-state index contributed by atoms with van der Waals surface area (Å²) in [6.45, 7) is 0. The van der Waals surface area contributed by atoms with E-state index in [0.717, 1.165) is 11.3 Å². The zero-order chi connectivity index (χ0) is 16.0. The van der Waals surface area contributed by atoms with E-state index in [1.807, 2.05) is 18.2 Å². The lowest BCUT2D eigenvalue weighted by molar-refractivity contribution is -0.137. The SMILES string of the molecule is [N-]=[N+]=NC1(O)C=CC(C[C@H](Nc2ccccc2)C(=O)O)=CC1. The second-order valence-electron chi connectivity index (χ2n) is 4.99. The number of aliphatic hydroxyl groups is 1. The lowest BCUT2D eigenvalue weighted by atomic mass is 9.95. The first-order valence-corrected chi connectivity index (χ1v) is 6.74. The van der Waals surface area contributed by atoms with Crippen molar-refractivity contribution in [2.24, 2.45) is 5.11 Å². The molecule has 1 unspecified atom stereocenters. The first-order chi connectivity index (χ1) is 10.5. The molecule has 2 rings (SSSR count). The maximum Gasteiger partial charge on any atom is 0.326 e. The van der Waals surface area contributed by atoms with Crippen LogP contribution in [0.25, 0.3) is 10.4 Å². The number of carboxylic acids is 1. The van der Waals surface area contributed by atoms with Gasteiger partial charge < -0.3 is 15.5 Å². The molecule has 1 aromatic carbocycles. The molecule has 2 atom stereocenters. The van der Waals surface area contributed by atoms with Crippen molar-refractivity contribution in [2.45, 2.75) is 24.6 Å². The lowest BCUT2D eigenvalue weighted by Crippen LogP contribution is -2.30. The molecular formula is C15H16N4O3. The van der Waals surface area contributed by atoms with E-state index in [1.54, 1.807) is 24.3 Å². The number of anilines is 1. The molecule has 22 heavy (non-hydrogen) atoms. The van der Waals surface area contributed by atoms with E-state index in [1.165, 1.54) is 6.08 Å². The topological polar surface area (TPSA) is 118 Å². The molecule has 1 aliphatic carbocycles. The Labute approximate surface area is 127 Å². The molecule has 0 saturated heterocycles. The summed E-state index contributed by atoms with van der Waals surface area (Å²) in [5, 5.41) is 25.5. The van der Waals surface area contributed by atoms with Gasteiger partial charge in [-0.3, -0.25) is 0 Å². The molecule has 7 nitrogen and oxygen atoms in total. The molecule has 0 saturated carbocycles. The van der Waals surface area contributed by atoms with Gasteiger partial charge in [0.2, 0.25) is 0 Å². The Morgan fingerprint density at radius 2 is 2.18 bits per heavy atom. The number of nitrogens with zero attached hydrogens (tertiary/aromatic N) is 3. The highest BCUT2D eigenvalue weighted by Gasteiger charge is 2.25. The van der Waals surface area contributed by atoms with Crippen LogP contribution < -0.4 is 5.32 Å². The Kier molecular flexibility index (Phi) is 4.83.